The Balaban J connectivity index is 1.41. The summed E-state index contributed by atoms with van der Waals surface area (Å²) in [5.41, 5.74) is 3.34. The van der Waals surface area contributed by atoms with E-state index >= 15 is 0 Å². The molecule has 4 rings (SSSR count). The van der Waals surface area contributed by atoms with Gasteiger partial charge in [-0.1, -0.05) is 32.0 Å². The summed E-state index contributed by atoms with van der Waals surface area (Å²) in [6.07, 6.45) is 5.40. The van der Waals surface area contributed by atoms with Crippen molar-refractivity contribution in [3.05, 3.63) is 72.3 Å². The van der Waals surface area contributed by atoms with Gasteiger partial charge in [0.15, 0.2) is 0 Å². The number of amides is 1. The van der Waals surface area contributed by atoms with E-state index in [0.29, 0.717) is 11.6 Å². The highest BCUT2D eigenvalue weighted by molar-refractivity contribution is 6.04. The van der Waals surface area contributed by atoms with Crippen LogP contribution in [0.1, 0.15) is 48.7 Å². The highest BCUT2D eigenvalue weighted by Gasteiger charge is 2.27. The summed E-state index contributed by atoms with van der Waals surface area (Å²) in [6.45, 7) is 7.35. The number of ether oxygens (including phenoxy) is 1. The fourth-order valence-corrected chi connectivity index (χ4v) is 4.21. The Morgan fingerprint density at radius 1 is 1.13 bits per heavy atom. The van der Waals surface area contributed by atoms with Gasteiger partial charge in [-0.05, 0) is 61.8 Å². The van der Waals surface area contributed by atoms with Crippen LogP contribution in [0.25, 0.3) is 5.69 Å². The van der Waals surface area contributed by atoms with Crippen LogP contribution in [0.3, 0.4) is 0 Å². The van der Waals surface area contributed by atoms with Crippen LogP contribution in [0.4, 0.5) is 5.69 Å². The van der Waals surface area contributed by atoms with E-state index in [9.17, 15) is 4.79 Å². The maximum Gasteiger partial charge on any atom is 0.255 e. The maximum absolute atomic E-state index is 12.7. The molecule has 1 aromatic heterocycles. The van der Waals surface area contributed by atoms with Crippen molar-refractivity contribution in [3.63, 3.8) is 0 Å². The van der Waals surface area contributed by atoms with Gasteiger partial charge in [0.05, 0.1) is 6.10 Å². The van der Waals surface area contributed by atoms with Gasteiger partial charge < -0.3 is 15.0 Å². The Morgan fingerprint density at radius 3 is 2.58 bits per heavy atom. The molecule has 1 saturated heterocycles. The molecule has 1 aliphatic heterocycles. The summed E-state index contributed by atoms with van der Waals surface area (Å²) in [4.78, 5) is 15.2. The van der Waals surface area contributed by atoms with Gasteiger partial charge in [0.25, 0.3) is 5.91 Å². The molecule has 1 fully saturated rings. The molecule has 0 bridgehead atoms. The van der Waals surface area contributed by atoms with Gasteiger partial charge in [-0.15, -0.1) is 10.2 Å². The van der Waals surface area contributed by atoms with Gasteiger partial charge in [0, 0.05) is 29.6 Å². The van der Waals surface area contributed by atoms with E-state index in [-0.39, 0.29) is 12.0 Å². The molecule has 162 valence electrons. The Hall–Kier alpha value is -3.03. The summed E-state index contributed by atoms with van der Waals surface area (Å²) in [5.74, 6) is -0.154. The Labute approximate surface area is 183 Å². The molecule has 2 atom stereocenters. The Kier molecular flexibility index (Phi) is 6.74. The second-order valence-electron chi connectivity index (χ2n) is 7.75. The quantitative estimate of drug-likeness (QED) is 0.625. The predicted octanol–water partition coefficient (Wildman–Crippen LogP) is 4.08. The van der Waals surface area contributed by atoms with E-state index in [1.807, 2.05) is 30.3 Å². The molecule has 0 aliphatic carbocycles. The van der Waals surface area contributed by atoms with E-state index in [4.69, 9.17) is 4.74 Å². The van der Waals surface area contributed by atoms with Gasteiger partial charge in [0.1, 0.15) is 12.7 Å². The molecule has 3 aromatic rings. The minimum absolute atomic E-state index is 0.101. The van der Waals surface area contributed by atoms with E-state index < -0.39 is 0 Å². The van der Waals surface area contributed by atoms with Crippen LogP contribution in [0.15, 0.2) is 61.2 Å². The van der Waals surface area contributed by atoms with Crippen LogP contribution in [-0.2, 0) is 4.74 Å². The summed E-state index contributed by atoms with van der Waals surface area (Å²) in [5, 5.41) is 10.6. The molecule has 0 spiro atoms. The average Bonchev–Trinajstić information content (AvgIpc) is 3.36. The van der Waals surface area contributed by atoms with Crippen molar-refractivity contribution in [2.24, 2.45) is 0 Å². The Morgan fingerprint density at radius 2 is 1.87 bits per heavy atom. The van der Waals surface area contributed by atoms with Crippen molar-refractivity contribution in [2.75, 3.05) is 25.0 Å². The topological polar surface area (TPSA) is 72.3 Å². The molecular formula is C24H29N5O2. The van der Waals surface area contributed by atoms with Crippen molar-refractivity contribution in [1.82, 2.24) is 19.7 Å². The first-order valence-corrected chi connectivity index (χ1v) is 10.9. The fraction of sp³-hybridized carbons (Fsp3) is 0.375. The minimum atomic E-state index is -0.154. The molecule has 1 aliphatic rings. The number of hydrogen-bond donors (Lipinski definition) is 1. The molecule has 2 heterocycles. The fourth-order valence-electron chi connectivity index (χ4n) is 4.21. The maximum atomic E-state index is 12.7. The number of carbonyl (C=O) groups excluding carboxylic acids is 1. The molecule has 1 amide bonds. The number of nitrogens with one attached hydrogen (secondary N) is 1. The molecule has 0 unspecified atom stereocenters. The summed E-state index contributed by atoms with van der Waals surface area (Å²) in [7, 11) is 0. The van der Waals surface area contributed by atoms with Gasteiger partial charge >= 0.3 is 0 Å². The predicted molar refractivity (Wildman–Crippen MR) is 120 cm³/mol. The molecule has 0 radical (unpaired) electrons. The molecule has 0 saturated carbocycles. The van der Waals surface area contributed by atoms with Gasteiger partial charge in [0.2, 0.25) is 0 Å². The lowest BCUT2D eigenvalue weighted by Gasteiger charge is -2.36. The van der Waals surface area contributed by atoms with Crippen molar-refractivity contribution < 1.29 is 9.53 Å². The first kappa shape index (κ1) is 21.2. The van der Waals surface area contributed by atoms with Gasteiger partial charge in [-0.3, -0.25) is 9.36 Å². The van der Waals surface area contributed by atoms with Crippen LogP contribution < -0.4 is 5.32 Å². The van der Waals surface area contributed by atoms with Crippen LogP contribution in [0.5, 0.6) is 0 Å². The zero-order valence-electron chi connectivity index (χ0n) is 18.1. The summed E-state index contributed by atoms with van der Waals surface area (Å²) in [6, 6.07) is 15.9. The summed E-state index contributed by atoms with van der Waals surface area (Å²) < 4.78 is 7.81. The highest BCUT2D eigenvalue weighted by atomic mass is 16.5. The zero-order valence-corrected chi connectivity index (χ0v) is 18.1. The molecule has 7 nitrogen and oxygen atoms in total. The molecule has 31 heavy (non-hydrogen) atoms. The smallest absolute Gasteiger partial charge is 0.255 e. The second-order valence-corrected chi connectivity index (χ2v) is 7.75. The molecule has 1 N–H and O–H groups in total. The van der Waals surface area contributed by atoms with Crippen LogP contribution in [0, 0.1) is 0 Å². The third-order valence-electron chi connectivity index (χ3n) is 5.95. The highest BCUT2D eigenvalue weighted by Crippen LogP contribution is 2.31. The van der Waals surface area contributed by atoms with E-state index in [0.717, 1.165) is 49.5 Å². The second kappa shape index (κ2) is 9.85. The molecule has 7 heteroatoms. The number of nitrogens with zero attached hydrogens (tertiary/aromatic N) is 4. The monoisotopic (exact) mass is 419 g/mol. The normalized spacial score (nSPS) is 18.8. The van der Waals surface area contributed by atoms with E-state index in [1.165, 1.54) is 0 Å². The van der Waals surface area contributed by atoms with Crippen molar-refractivity contribution in [1.29, 1.82) is 0 Å². The van der Waals surface area contributed by atoms with Crippen molar-refractivity contribution >= 4 is 11.6 Å². The zero-order chi connectivity index (χ0) is 21.6. The number of rotatable bonds is 7. The first-order chi connectivity index (χ1) is 15.2. The number of benzene rings is 2. The number of aromatic nitrogens is 3. The number of hydrogen-bond acceptors (Lipinski definition) is 5. The molecular weight excluding hydrogens is 390 g/mol. The Bertz CT molecular complexity index is 983. The number of anilines is 1. The van der Waals surface area contributed by atoms with Crippen molar-refractivity contribution in [2.45, 2.75) is 38.8 Å². The third-order valence-corrected chi connectivity index (χ3v) is 5.95. The van der Waals surface area contributed by atoms with Crippen LogP contribution in [0.2, 0.25) is 0 Å². The van der Waals surface area contributed by atoms with E-state index in [2.05, 4.69) is 46.4 Å². The lowest BCUT2D eigenvalue weighted by molar-refractivity contribution is -0.0265. The van der Waals surface area contributed by atoms with Crippen molar-refractivity contribution in [3.8, 4) is 5.69 Å². The largest absolute Gasteiger partial charge is 0.373 e. The van der Waals surface area contributed by atoms with Gasteiger partial charge in [-0.25, -0.2) is 0 Å². The number of carbonyl (C=O) groups is 1. The lowest BCUT2D eigenvalue weighted by atomic mass is 9.96. The minimum Gasteiger partial charge on any atom is -0.373 e. The van der Waals surface area contributed by atoms with Crippen LogP contribution >= 0.6 is 0 Å². The van der Waals surface area contributed by atoms with Crippen LogP contribution in [-0.4, -0.2) is 51.3 Å². The van der Waals surface area contributed by atoms with Gasteiger partial charge in [-0.2, -0.15) is 0 Å². The third kappa shape index (κ3) is 5.00. The molecule has 2 aromatic carbocycles. The lowest BCUT2D eigenvalue weighted by Crippen LogP contribution is -2.40. The SMILES string of the molecule is CCN(CC)[C@@H]1CCO[C@H](c2ccc(NC(=O)c3cccc(-n4cnnc4)c3)cc2)C1. The standard InChI is InChI=1S/C24H29N5O2/c1-3-28(4-2)22-12-13-31-23(15-22)18-8-10-20(11-9-18)27-24(30)19-6-5-7-21(14-19)29-16-25-26-17-29/h5-11,14,16-17,22-23H,3-4,12-13,15H2,1-2H3,(H,27,30)/t22-,23+/m1/s1. The first-order valence-electron chi connectivity index (χ1n) is 10.9. The average molecular weight is 420 g/mol. The summed E-state index contributed by atoms with van der Waals surface area (Å²) >= 11 is 0. The van der Waals surface area contributed by atoms with E-state index in [1.54, 1.807) is 23.3 Å².